The topological polar surface area (TPSA) is 41.6 Å². The molecule has 110 valence electrons. The maximum Gasteiger partial charge on any atom is 0.254 e. The number of ether oxygens (including phenoxy) is 1. The number of amides is 1. The molecule has 0 fully saturated rings. The van der Waals surface area contributed by atoms with E-state index in [4.69, 9.17) is 4.74 Å². The van der Waals surface area contributed by atoms with Gasteiger partial charge in [-0.05, 0) is 37.5 Å². The van der Waals surface area contributed by atoms with E-state index in [1.165, 1.54) is 5.56 Å². The number of methoxy groups -OCH3 is 1. The van der Waals surface area contributed by atoms with Crippen LogP contribution in [0.4, 0.5) is 5.69 Å². The quantitative estimate of drug-likeness (QED) is 0.868. The SMILES string of the molecule is CCC(C)N(CCOC)C(=O)c1ccc2c(c1)NCC2. The van der Waals surface area contributed by atoms with Crippen LogP contribution in [-0.4, -0.2) is 43.7 Å². The molecule has 4 heteroatoms. The Morgan fingerprint density at radius 2 is 2.30 bits per heavy atom. The Balaban J connectivity index is 2.18. The van der Waals surface area contributed by atoms with Gasteiger partial charge in [0, 0.05) is 37.5 Å². The Bertz CT molecular complexity index is 474. The summed E-state index contributed by atoms with van der Waals surface area (Å²) in [7, 11) is 1.67. The van der Waals surface area contributed by atoms with Gasteiger partial charge in [-0.1, -0.05) is 13.0 Å². The van der Waals surface area contributed by atoms with Gasteiger partial charge < -0.3 is 15.0 Å². The third kappa shape index (κ3) is 3.12. The Hall–Kier alpha value is -1.55. The van der Waals surface area contributed by atoms with Gasteiger partial charge in [0.1, 0.15) is 0 Å². The van der Waals surface area contributed by atoms with Crippen LogP contribution < -0.4 is 5.32 Å². The normalized spacial score (nSPS) is 14.6. The van der Waals surface area contributed by atoms with Crippen molar-refractivity contribution < 1.29 is 9.53 Å². The van der Waals surface area contributed by atoms with E-state index in [1.807, 2.05) is 17.0 Å². The van der Waals surface area contributed by atoms with Crippen LogP contribution >= 0.6 is 0 Å². The first-order valence-corrected chi connectivity index (χ1v) is 7.34. The number of carbonyl (C=O) groups excluding carboxylic acids is 1. The first-order chi connectivity index (χ1) is 9.67. The maximum absolute atomic E-state index is 12.7. The van der Waals surface area contributed by atoms with Crippen molar-refractivity contribution >= 4 is 11.6 Å². The number of rotatable bonds is 6. The number of benzene rings is 1. The first-order valence-electron chi connectivity index (χ1n) is 7.34. The minimum absolute atomic E-state index is 0.0906. The highest BCUT2D eigenvalue weighted by atomic mass is 16.5. The fourth-order valence-corrected chi connectivity index (χ4v) is 2.52. The molecule has 0 saturated carbocycles. The Labute approximate surface area is 121 Å². The van der Waals surface area contributed by atoms with Crippen molar-refractivity contribution in [2.45, 2.75) is 32.7 Å². The lowest BCUT2D eigenvalue weighted by molar-refractivity contribution is 0.0614. The summed E-state index contributed by atoms with van der Waals surface area (Å²) in [4.78, 5) is 14.6. The zero-order chi connectivity index (χ0) is 14.5. The second-order valence-corrected chi connectivity index (χ2v) is 5.30. The van der Waals surface area contributed by atoms with Crippen molar-refractivity contribution in [2.75, 3.05) is 32.1 Å². The Morgan fingerprint density at radius 1 is 1.50 bits per heavy atom. The minimum Gasteiger partial charge on any atom is -0.384 e. The fraction of sp³-hybridized carbons (Fsp3) is 0.562. The molecule has 1 unspecified atom stereocenters. The molecule has 4 nitrogen and oxygen atoms in total. The third-order valence-corrected chi connectivity index (χ3v) is 3.99. The molecule has 0 aromatic heterocycles. The van der Waals surface area contributed by atoms with Crippen molar-refractivity contribution in [3.63, 3.8) is 0 Å². The number of nitrogens with one attached hydrogen (secondary N) is 1. The van der Waals surface area contributed by atoms with Crippen LogP contribution in [0.25, 0.3) is 0 Å². The van der Waals surface area contributed by atoms with E-state index in [0.29, 0.717) is 13.2 Å². The van der Waals surface area contributed by atoms with Crippen LogP contribution in [0, 0.1) is 0 Å². The molecular weight excluding hydrogens is 252 g/mol. The van der Waals surface area contributed by atoms with E-state index >= 15 is 0 Å². The maximum atomic E-state index is 12.7. The molecule has 2 rings (SSSR count). The average Bonchev–Trinajstić information content (AvgIpc) is 2.94. The molecule has 20 heavy (non-hydrogen) atoms. The van der Waals surface area contributed by atoms with Gasteiger partial charge in [-0.15, -0.1) is 0 Å². The molecule has 1 heterocycles. The van der Waals surface area contributed by atoms with E-state index < -0.39 is 0 Å². The summed E-state index contributed by atoms with van der Waals surface area (Å²) in [6.07, 6.45) is 1.99. The monoisotopic (exact) mass is 276 g/mol. The second-order valence-electron chi connectivity index (χ2n) is 5.30. The van der Waals surface area contributed by atoms with Crippen LogP contribution in [-0.2, 0) is 11.2 Å². The lowest BCUT2D eigenvalue weighted by atomic mass is 10.1. The van der Waals surface area contributed by atoms with Gasteiger partial charge in [0.15, 0.2) is 0 Å². The number of hydrogen-bond acceptors (Lipinski definition) is 3. The average molecular weight is 276 g/mol. The summed E-state index contributed by atoms with van der Waals surface area (Å²) in [6.45, 7) is 6.35. The van der Waals surface area contributed by atoms with Crippen molar-refractivity contribution in [2.24, 2.45) is 0 Å². The molecular formula is C16H24N2O2. The molecule has 1 atom stereocenters. The first kappa shape index (κ1) is 14.9. The van der Waals surface area contributed by atoms with Gasteiger partial charge in [0.05, 0.1) is 6.61 Å². The van der Waals surface area contributed by atoms with E-state index in [1.54, 1.807) is 7.11 Å². The minimum atomic E-state index is 0.0906. The van der Waals surface area contributed by atoms with Crippen molar-refractivity contribution in [1.82, 2.24) is 4.90 Å². The highest BCUT2D eigenvalue weighted by molar-refractivity contribution is 5.95. The summed E-state index contributed by atoms with van der Waals surface area (Å²) < 4.78 is 5.12. The summed E-state index contributed by atoms with van der Waals surface area (Å²) >= 11 is 0. The predicted molar refractivity (Wildman–Crippen MR) is 81.3 cm³/mol. The van der Waals surface area contributed by atoms with E-state index in [-0.39, 0.29) is 11.9 Å². The van der Waals surface area contributed by atoms with Crippen molar-refractivity contribution in [1.29, 1.82) is 0 Å². The molecule has 0 saturated heterocycles. The Morgan fingerprint density at radius 3 is 3.00 bits per heavy atom. The third-order valence-electron chi connectivity index (χ3n) is 3.99. The summed E-state index contributed by atoms with van der Waals surface area (Å²) in [5.41, 5.74) is 3.16. The van der Waals surface area contributed by atoms with E-state index in [2.05, 4.69) is 25.2 Å². The van der Waals surface area contributed by atoms with Crippen molar-refractivity contribution in [3.8, 4) is 0 Å². The molecule has 0 aliphatic carbocycles. The summed E-state index contributed by atoms with van der Waals surface area (Å²) in [5.74, 6) is 0.0906. The largest absolute Gasteiger partial charge is 0.384 e. The Kier molecular flexibility index (Phi) is 5.01. The molecule has 1 aliphatic rings. The van der Waals surface area contributed by atoms with Gasteiger partial charge in [-0.25, -0.2) is 0 Å². The zero-order valence-electron chi connectivity index (χ0n) is 12.6. The molecule has 1 amide bonds. The molecule has 1 aromatic carbocycles. The molecule has 0 spiro atoms. The van der Waals surface area contributed by atoms with Crippen molar-refractivity contribution in [3.05, 3.63) is 29.3 Å². The standard InChI is InChI=1S/C16H24N2O2/c1-4-12(2)18(9-10-20-3)16(19)14-6-5-13-7-8-17-15(13)11-14/h5-6,11-12,17H,4,7-10H2,1-3H3. The van der Waals surface area contributed by atoms with Gasteiger partial charge in [0.25, 0.3) is 5.91 Å². The number of fused-ring (bicyclic) bond motifs is 1. The van der Waals surface area contributed by atoms with Crippen LogP contribution in [0.2, 0.25) is 0 Å². The molecule has 0 radical (unpaired) electrons. The van der Waals surface area contributed by atoms with E-state index in [0.717, 1.165) is 30.6 Å². The zero-order valence-corrected chi connectivity index (χ0v) is 12.6. The van der Waals surface area contributed by atoms with Gasteiger partial charge in [0.2, 0.25) is 0 Å². The lowest BCUT2D eigenvalue weighted by Crippen LogP contribution is -2.40. The highest BCUT2D eigenvalue weighted by Gasteiger charge is 2.21. The van der Waals surface area contributed by atoms with Crippen LogP contribution in [0.1, 0.15) is 36.2 Å². The fourth-order valence-electron chi connectivity index (χ4n) is 2.52. The van der Waals surface area contributed by atoms with Gasteiger partial charge in [-0.2, -0.15) is 0 Å². The summed E-state index contributed by atoms with van der Waals surface area (Å²) in [6, 6.07) is 6.20. The van der Waals surface area contributed by atoms with Crippen LogP contribution in [0.5, 0.6) is 0 Å². The summed E-state index contributed by atoms with van der Waals surface area (Å²) in [5, 5.41) is 3.33. The molecule has 0 bridgehead atoms. The smallest absolute Gasteiger partial charge is 0.254 e. The van der Waals surface area contributed by atoms with Crippen LogP contribution in [0.15, 0.2) is 18.2 Å². The molecule has 1 aliphatic heterocycles. The highest BCUT2D eigenvalue weighted by Crippen LogP contribution is 2.24. The lowest BCUT2D eigenvalue weighted by Gasteiger charge is -2.28. The number of hydrogen-bond donors (Lipinski definition) is 1. The predicted octanol–water partition coefficient (Wildman–Crippen LogP) is 2.54. The molecule has 1 N–H and O–H groups in total. The van der Waals surface area contributed by atoms with Gasteiger partial charge >= 0.3 is 0 Å². The number of nitrogens with zero attached hydrogens (tertiary/aromatic N) is 1. The second kappa shape index (κ2) is 6.75. The number of carbonyl (C=O) groups is 1. The number of anilines is 1. The van der Waals surface area contributed by atoms with Gasteiger partial charge in [-0.3, -0.25) is 4.79 Å². The van der Waals surface area contributed by atoms with Crippen LogP contribution in [0.3, 0.4) is 0 Å². The molecule has 1 aromatic rings. The van der Waals surface area contributed by atoms with E-state index in [9.17, 15) is 4.79 Å².